The predicted molar refractivity (Wildman–Crippen MR) is 137 cm³/mol. The van der Waals surface area contributed by atoms with E-state index in [0.29, 0.717) is 0 Å². The summed E-state index contributed by atoms with van der Waals surface area (Å²) in [5.41, 5.74) is 8.08. The Morgan fingerprint density at radius 1 is 0.706 bits per heavy atom. The number of morpholine rings is 2. The van der Waals surface area contributed by atoms with Crippen LogP contribution in [0.3, 0.4) is 0 Å². The number of rotatable bonds is 7. The molecule has 0 radical (unpaired) electrons. The summed E-state index contributed by atoms with van der Waals surface area (Å²) in [4.78, 5) is 5.07. The third-order valence-electron chi connectivity index (χ3n) is 7.03. The summed E-state index contributed by atoms with van der Waals surface area (Å²) in [6, 6.07) is 19.1. The molecule has 1 aromatic heterocycles. The van der Waals surface area contributed by atoms with Gasteiger partial charge >= 0.3 is 0 Å². The zero-order chi connectivity index (χ0) is 23.3. The Bertz CT molecular complexity index is 1070. The van der Waals surface area contributed by atoms with E-state index >= 15 is 0 Å². The van der Waals surface area contributed by atoms with Crippen LogP contribution in [0, 0.1) is 6.92 Å². The number of hydrogen-bond donors (Lipinski definition) is 0. The molecule has 0 atom stereocenters. The maximum absolute atomic E-state index is 6.28. The van der Waals surface area contributed by atoms with Crippen molar-refractivity contribution >= 4 is 11.6 Å². The van der Waals surface area contributed by atoms with Crippen molar-refractivity contribution in [1.82, 2.24) is 14.4 Å². The second-order valence-corrected chi connectivity index (χ2v) is 9.68. The highest BCUT2D eigenvalue weighted by Crippen LogP contribution is 2.35. The summed E-state index contributed by atoms with van der Waals surface area (Å²) < 4.78 is 13.8. The zero-order valence-electron chi connectivity index (χ0n) is 20.0. The van der Waals surface area contributed by atoms with E-state index in [1.165, 1.54) is 33.6 Å². The molecule has 2 saturated heterocycles. The first kappa shape index (κ1) is 23.6. The van der Waals surface area contributed by atoms with Crippen LogP contribution in [0.4, 0.5) is 0 Å². The summed E-state index contributed by atoms with van der Waals surface area (Å²) in [5.74, 6) is 0. The van der Waals surface area contributed by atoms with Gasteiger partial charge < -0.3 is 14.0 Å². The Labute approximate surface area is 207 Å². The van der Waals surface area contributed by atoms with E-state index in [4.69, 9.17) is 21.1 Å². The number of aromatic nitrogens is 1. The van der Waals surface area contributed by atoms with Crippen LogP contribution in [0.1, 0.15) is 22.4 Å². The molecule has 5 rings (SSSR count). The molecule has 0 bridgehead atoms. The first-order chi connectivity index (χ1) is 16.7. The Kier molecular flexibility index (Phi) is 7.67. The van der Waals surface area contributed by atoms with E-state index in [0.717, 1.165) is 77.3 Å². The van der Waals surface area contributed by atoms with Crippen LogP contribution >= 0.6 is 11.6 Å². The fourth-order valence-electron chi connectivity index (χ4n) is 5.10. The van der Waals surface area contributed by atoms with E-state index in [9.17, 15) is 0 Å². The number of benzene rings is 2. The maximum atomic E-state index is 6.28. The summed E-state index contributed by atoms with van der Waals surface area (Å²) in [7, 11) is 0. The second kappa shape index (κ2) is 11.1. The predicted octanol–water partition coefficient (Wildman–Crippen LogP) is 4.83. The van der Waals surface area contributed by atoms with Gasteiger partial charge in [-0.25, -0.2) is 0 Å². The third-order valence-corrected chi connectivity index (χ3v) is 7.29. The van der Waals surface area contributed by atoms with E-state index < -0.39 is 0 Å². The molecule has 2 aromatic carbocycles. The molecule has 2 aliphatic heterocycles. The molecule has 34 heavy (non-hydrogen) atoms. The molecule has 2 aliphatic rings. The molecule has 0 amide bonds. The SMILES string of the molecule is Cc1c(CN2CCOCC2)c(CN2CCOCC2)c(-c2ccc(Cl)cc2)n1Cc1ccccc1. The first-order valence-electron chi connectivity index (χ1n) is 12.3. The Morgan fingerprint density at radius 2 is 1.26 bits per heavy atom. The molecular weight excluding hydrogens is 446 g/mol. The molecule has 0 N–H and O–H groups in total. The van der Waals surface area contributed by atoms with Crippen LogP contribution in [0.25, 0.3) is 11.3 Å². The summed E-state index contributed by atoms with van der Waals surface area (Å²) in [6.45, 7) is 12.2. The lowest BCUT2D eigenvalue weighted by Crippen LogP contribution is -2.37. The van der Waals surface area contributed by atoms with Crippen LogP contribution in [0.2, 0.25) is 5.02 Å². The standard InChI is InChI=1S/C28H34ClN3O2/c1-22-26(20-30-11-15-33-16-12-30)27(21-31-13-17-34-18-14-31)28(24-7-9-25(29)10-8-24)32(22)19-23-5-3-2-4-6-23/h2-10H,11-21H2,1H3. The minimum atomic E-state index is 0.768. The number of hydrogen-bond acceptors (Lipinski definition) is 4. The fourth-order valence-corrected chi connectivity index (χ4v) is 5.23. The zero-order valence-corrected chi connectivity index (χ0v) is 20.8. The van der Waals surface area contributed by atoms with Crippen molar-refractivity contribution in [1.29, 1.82) is 0 Å². The molecule has 180 valence electrons. The smallest absolute Gasteiger partial charge is 0.0594 e. The average molecular weight is 480 g/mol. The van der Waals surface area contributed by atoms with Gasteiger partial charge in [-0.15, -0.1) is 0 Å². The highest BCUT2D eigenvalue weighted by atomic mass is 35.5. The summed E-state index contributed by atoms with van der Waals surface area (Å²) in [5, 5.41) is 0.768. The number of ether oxygens (including phenoxy) is 2. The van der Waals surface area contributed by atoms with Gasteiger partial charge in [-0.2, -0.15) is 0 Å². The molecular formula is C28H34ClN3O2. The molecule has 6 heteroatoms. The van der Waals surface area contributed by atoms with E-state index in [1.807, 2.05) is 12.1 Å². The lowest BCUT2D eigenvalue weighted by molar-refractivity contribution is 0.0310. The van der Waals surface area contributed by atoms with Crippen molar-refractivity contribution < 1.29 is 9.47 Å². The van der Waals surface area contributed by atoms with Crippen molar-refractivity contribution in [2.24, 2.45) is 0 Å². The maximum Gasteiger partial charge on any atom is 0.0594 e. The van der Waals surface area contributed by atoms with E-state index in [-0.39, 0.29) is 0 Å². The Hall–Kier alpha value is -2.15. The van der Waals surface area contributed by atoms with Crippen LogP contribution in [0.5, 0.6) is 0 Å². The van der Waals surface area contributed by atoms with Gasteiger partial charge in [0.1, 0.15) is 0 Å². The van der Waals surface area contributed by atoms with Gasteiger partial charge in [-0.1, -0.05) is 54.1 Å². The van der Waals surface area contributed by atoms with Gasteiger partial charge in [-0.3, -0.25) is 9.80 Å². The van der Waals surface area contributed by atoms with Gasteiger partial charge in [0, 0.05) is 56.5 Å². The van der Waals surface area contributed by atoms with Gasteiger partial charge in [0.25, 0.3) is 0 Å². The molecule has 5 nitrogen and oxygen atoms in total. The van der Waals surface area contributed by atoms with Crippen molar-refractivity contribution in [3.05, 3.63) is 82.0 Å². The lowest BCUT2D eigenvalue weighted by Gasteiger charge is -2.29. The molecule has 0 aliphatic carbocycles. The molecule has 0 saturated carbocycles. The van der Waals surface area contributed by atoms with E-state index in [2.05, 4.69) is 63.8 Å². The van der Waals surface area contributed by atoms with Gasteiger partial charge in [0.2, 0.25) is 0 Å². The summed E-state index contributed by atoms with van der Waals surface area (Å²) in [6.07, 6.45) is 0. The molecule has 3 aromatic rings. The molecule has 3 heterocycles. The minimum Gasteiger partial charge on any atom is -0.379 e. The third kappa shape index (κ3) is 5.40. The van der Waals surface area contributed by atoms with Crippen LogP contribution < -0.4 is 0 Å². The second-order valence-electron chi connectivity index (χ2n) is 9.25. The molecule has 0 spiro atoms. The lowest BCUT2D eigenvalue weighted by atomic mass is 10.0. The fraction of sp³-hybridized carbons (Fsp3) is 0.429. The summed E-state index contributed by atoms with van der Waals surface area (Å²) >= 11 is 6.28. The Morgan fingerprint density at radius 3 is 1.85 bits per heavy atom. The van der Waals surface area contributed by atoms with E-state index in [1.54, 1.807) is 0 Å². The molecule has 2 fully saturated rings. The number of halogens is 1. The van der Waals surface area contributed by atoms with Crippen molar-refractivity contribution in [3.8, 4) is 11.3 Å². The average Bonchev–Trinajstić information content (AvgIpc) is 3.12. The topological polar surface area (TPSA) is 29.9 Å². The van der Waals surface area contributed by atoms with Gasteiger partial charge in [-0.05, 0) is 41.3 Å². The van der Waals surface area contributed by atoms with Crippen molar-refractivity contribution in [2.45, 2.75) is 26.6 Å². The van der Waals surface area contributed by atoms with Crippen LogP contribution in [-0.4, -0.2) is 67.0 Å². The minimum absolute atomic E-state index is 0.768. The number of nitrogens with zero attached hydrogens (tertiary/aromatic N) is 3. The molecule has 0 unspecified atom stereocenters. The first-order valence-corrected chi connectivity index (χ1v) is 12.7. The largest absolute Gasteiger partial charge is 0.379 e. The van der Waals surface area contributed by atoms with Crippen LogP contribution in [-0.2, 0) is 29.1 Å². The normalized spacial score (nSPS) is 17.8. The quantitative estimate of drug-likeness (QED) is 0.485. The monoisotopic (exact) mass is 479 g/mol. The van der Waals surface area contributed by atoms with Crippen LogP contribution in [0.15, 0.2) is 54.6 Å². The van der Waals surface area contributed by atoms with Crippen molar-refractivity contribution in [3.63, 3.8) is 0 Å². The Balaban J connectivity index is 1.61. The van der Waals surface area contributed by atoms with Gasteiger partial charge in [0.15, 0.2) is 0 Å². The highest BCUT2D eigenvalue weighted by Gasteiger charge is 2.26. The highest BCUT2D eigenvalue weighted by molar-refractivity contribution is 6.30. The van der Waals surface area contributed by atoms with Crippen molar-refractivity contribution in [2.75, 3.05) is 52.6 Å². The van der Waals surface area contributed by atoms with Gasteiger partial charge in [0.05, 0.1) is 32.1 Å².